The van der Waals surface area contributed by atoms with Gasteiger partial charge < -0.3 is 10.1 Å². The van der Waals surface area contributed by atoms with Crippen molar-refractivity contribution in [2.45, 2.75) is 25.4 Å². The highest BCUT2D eigenvalue weighted by atomic mass is 79.9. The first-order valence-electron chi connectivity index (χ1n) is 7.02. The third-order valence-electron chi connectivity index (χ3n) is 3.95. The van der Waals surface area contributed by atoms with Crippen LogP contribution in [0, 0.1) is 0 Å². The summed E-state index contributed by atoms with van der Waals surface area (Å²) in [7, 11) is 1.68. The Kier molecular flexibility index (Phi) is 4.67. The molecule has 21 heavy (non-hydrogen) atoms. The lowest BCUT2D eigenvalue weighted by atomic mass is 10.1. The highest BCUT2D eigenvalue weighted by molar-refractivity contribution is 9.11. The fraction of sp³-hybridized carbons (Fsp3) is 0.294. The maximum Gasteiger partial charge on any atom is 0.147 e. The van der Waals surface area contributed by atoms with Gasteiger partial charge in [0.15, 0.2) is 0 Å². The van der Waals surface area contributed by atoms with Crippen LogP contribution in [0.2, 0.25) is 0 Å². The summed E-state index contributed by atoms with van der Waals surface area (Å²) in [6, 6.07) is 13.4. The Hall–Kier alpha value is -0.840. The highest BCUT2D eigenvalue weighted by Gasteiger charge is 2.21. The van der Waals surface area contributed by atoms with Crippen LogP contribution in [0.5, 0.6) is 5.75 Å². The second-order valence-corrected chi connectivity index (χ2v) is 6.97. The molecule has 0 unspecified atom stereocenters. The normalized spacial score (nSPS) is 16.8. The number of fused-ring (bicyclic) bond motifs is 1. The van der Waals surface area contributed by atoms with Gasteiger partial charge in [0.25, 0.3) is 0 Å². The highest BCUT2D eigenvalue weighted by Crippen LogP contribution is 2.35. The van der Waals surface area contributed by atoms with E-state index in [1.165, 1.54) is 29.5 Å². The zero-order valence-corrected chi connectivity index (χ0v) is 15.0. The molecule has 0 heterocycles. The van der Waals surface area contributed by atoms with Gasteiger partial charge in [0.2, 0.25) is 0 Å². The number of methoxy groups -OCH3 is 1. The van der Waals surface area contributed by atoms with Crippen LogP contribution in [0.1, 0.15) is 29.2 Å². The molecular formula is C17H17Br2NO. The summed E-state index contributed by atoms with van der Waals surface area (Å²) in [4.78, 5) is 0. The number of rotatable bonds is 4. The van der Waals surface area contributed by atoms with Crippen molar-refractivity contribution in [3.8, 4) is 5.75 Å². The lowest BCUT2D eigenvalue weighted by Gasteiger charge is -2.15. The SMILES string of the molecule is COc1c(Br)cc(CN[C@@H]2CCc3ccccc32)cc1Br. The number of ether oxygens (including phenoxy) is 1. The molecule has 1 atom stereocenters. The average Bonchev–Trinajstić information content (AvgIpc) is 2.88. The first-order chi connectivity index (χ1) is 10.2. The molecule has 0 bridgehead atoms. The number of hydrogen-bond acceptors (Lipinski definition) is 2. The van der Waals surface area contributed by atoms with Crippen molar-refractivity contribution in [3.05, 3.63) is 62.0 Å². The van der Waals surface area contributed by atoms with E-state index in [9.17, 15) is 0 Å². The molecule has 110 valence electrons. The Balaban J connectivity index is 1.72. The summed E-state index contributed by atoms with van der Waals surface area (Å²) < 4.78 is 7.29. The summed E-state index contributed by atoms with van der Waals surface area (Å²) in [5.74, 6) is 0.838. The van der Waals surface area contributed by atoms with E-state index in [-0.39, 0.29) is 0 Å². The van der Waals surface area contributed by atoms with Crippen molar-refractivity contribution >= 4 is 31.9 Å². The van der Waals surface area contributed by atoms with Crippen molar-refractivity contribution in [1.29, 1.82) is 0 Å². The molecule has 1 aliphatic carbocycles. The van der Waals surface area contributed by atoms with E-state index in [0.29, 0.717) is 6.04 Å². The van der Waals surface area contributed by atoms with Gasteiger partial charge >= 0.3 is 0 Å². The Bertz CT molecular complexity index is 634. The number of aryl methyl sites for hydroxylation is 1. The molecule has 4 heteroatoms. The lowest BCUT2D eigenvalue weighted by Crippen LogP contribution is -2.18. The van der Waals surface area contributed by atoms with E-state index in [0.717, 1.165) is 21.2 Å². The molecule has 2 aromatic rings. The summed E-state index contributed by atoms with van der Waals surface area (Å²) in [6.07, 6.45) is 2.35. The smallest absolute Gasteiger partial charge is 0.147 e. The molecule has 1 N–H and O–H groups in total. The summed E-state index contributed by atoms with van der Waals surface area (Å²) in [5.41, 5.74) is 4.16. The monoisotopic (exact) mass is 409 g/mol. The van der Waals surface area contributed by atoms with Crippen molar-refractivity contribution in [2.75, 3.05) is 7.11 Å². The Morgan fingerprint density at radius 3 is 2.62 bits per heavy atom. The standard InChI is InChI=1S/C17H17Br2NO/c1-21-17-14(18)8-11(9-15(17)19)10-20-16-7-6-12-4-2-3-5-13(12)16/h2-5,8-9,16,20H,6-7,10H2,1H3/t16-/m1/s1. The van der Waals surface area contributed by atoms with Crippen molar-refractivity contribution in [1.82, 2.24) is 5.32 Å². The van der Waals surface area contributed by atoms with Gasteiger partial charge in [0.05, 0.1) is 16.1 Å². The molecule has 0 saturated heterocycles. The van der Waals surface area contributed by atoms with Gasteiger partial charge in [-0.1, -0.05) is 24.3 Å². The van der Waals surface area contributed by atoms with Gasteiger partial charge in [-0.2, -0.15) is 0 Å². The minimum Gasteiger partial charge on any atom is -0.494 e. The minimum atomic E-state index is 0.459. The fourth-order valence-electron chi connectivity index (χ4n) is 2.92. The summed E-state index contributed by atoms with van der Waals surface area (Å²) >= 11 is 7.11. The largest absolute Gasteiger partial charge is 0.494 e. The van der Waals surface area contributed by atoms with Gasteiger partial charge in [-0.05, 0) is 73.5 Å². The van der Waals surface area contributed by atoms with Gasteiger partial charge in [-0.15, -0.1) is 0 Å². The molecule has 1 aliphatic rings. The van der Waals surface area contributed by atoms with Crippen LogP contribution in [0.3, 0.4) is 0 Å². The van der Waals surface area contributed by atoms with Crippen LogP contribution in [0.25, 0.3) is 0 Å². The van der Waals surface area contributed by atoms with Crippen molar-refractivity contribution < 1.29 is 4.74 Å². The number of halogens is 2. The van der Waals surface area contributed by atoms with E-state index in [1.807, 2.05) is 0 Å². The number of nitrogens with one attached hydrogen (secondary N) is 1. The summed E-state index contributed by atoms with van der Waals surface area (Å²) in [5, 5.41) is 3.66. The summed E-state index contributed by atoms with van der Waals surface area (Å²) in [6.45, 7) is 0.847. The number of benzene rings is 2. The maximum atomic E-state index is 5.34. The first-order valence-corrected chi connectivity index (χ1v) is 8.60. The second-order valence-electron chi connectivity index (χ2n) is 5.26. The minimum absolute atomic E-state index is 0.459. The molecule has 0 aliphatic heterocycles. The second kappa shape index (κ2) is 6.51. The first kappa shape index (κ1) is 15.1. The van der Waals surface area contributed by atoms with Crippen LogP contribution < -0.4 is 10.1 Å². The van der Waals surface area contributed by atoms with Crippen molar-refractivity contribution in [2.24, 2.45) is 0 Å². The third-order valence-corrected chi connectivity index (χ3v) is 5.13. The molecule has 2 aromatic carbocycles. The van der Waals surface area contributed by atoms with Crippen LogP contribution in [-0.2, 0) is 13.0 Å². The Labute approximate surface area is 142 Å². The molecule has 3 rings (SSSR count). The molecule has 2 nitrogen and oxygen atoms in total. The number of hydrogen-bond donors (Lipinski definition) is 1. The van der Waals surface area contributed by atoms with Gasteiger partial charge in [-0.25, -0.2) is 0 Å². The van der Waals surface area contributed by atoms with Gasteiger partial charge in [-0.3, -0.25) is 0 Å². The van der Waals surface area contributed by atoms with Gasteiger partial charge in [0.1, 0.15) is 5.75 Å². The predicted octanol–water partition coefficient (Wildman–Crippen LogP) is 5.00. The zero-order chi connectivity index (χ0) is 14.8. The molecule has 0 radical (unpaired) electrons. The molecule has 0 saturated carbocycles. The topological polar surface area (TPSA) is 21.3 Å². The predicted molar refractivity (Wildman–Crippen MR) is 92.7 cm³/mol. The fourth-order valence-corrected chi connectivity index (χ4v) is 4.52. The van der Waals surface area contributed by atoms with Gasteiger partial charge in [0, 0.05) is 12.6 Å². The molecule has 0 spiro atoms. The zero-order valence-electron chi connectivity index (χ0n) is 11.8. The van der Waals surface area contributed by atoms with E-state index < -0.39 is 0 Å². The molecular weight excluding hydrogens is 394 g/mol. The quantitative estimate of drug-likeness (QED) is 0.765. The van der Waals surface area contributed by atoms with E-state index in [2.05, 4.69) is 73.6 Å². The van der Waals surface area contributed by atoms with Crippen LogP contribution in [0.15, 0.2) is 45.3 Å². The Morgan fingerprint density at radius 1 is 1.19 bits per heavy atom. The average molecular weight is 411 g/mol. The third kappa shape index (κ3) is 3.17. The maximum absolute atomic E-state index is 5.34. The van der Waals surface area contributed by atoms with Crippen LogP contribution in [0.4, 0.5) is 0 Å². The van der Waals surface area contributed by atoms with E-state index in [4.69, 9.17) is 4.74 Å². The van der Waals surface area contributed by atoms with Crippen LogP contribution >= 0.6 is 31.9 Å². The lowest BCUT2D eigenvalue weighted by molar-refractivity contribution is 0.409. The molecule has 0 aromatic heterocycles. The van der Waals surface area contributed by atoms with Crippen molar-refractivity contribution in [3.63, 3.8) is 0 Å². The van der Waals surface area contributed by atoms with E-state index in [1.54, 1.807) is 7.11 Å². The molecule has 0 fully saturated rings. The van der Waals surface area contributed by atoms with Crippen LogP contribution in [-0.4, -0.2) is 7.11 Å². The Morgan fingerprint density at radius 2 is 1.90 bits per heavy atom. The van der Waals surface area contributed by atoms with E-state index >= 15 is 0 Å². The molecule has 0 amide bonds.